The Morgan fingerprint density at radius 3 is 2.32 bits per heavy atom. The third-order valence-corrected chi connectivity index (χ3v) is 3.91. The van der Waals surface area contributed by atoms with Crippen molar-refractivity contribution < 1.29 is 9.90 Å². The lowest BCUT2D eigenvalue weighted by Gasteiger charge is -2.30. The van der Waals surface area contributed by atoms with Gasteiger partial charge in [0.2, 0.25) is 5.91 Å². The van der Waals surface area contributed by atoms with Crippen LogP contribution in [0.15, 0.2) is 67.3 Å². The number of rotatable bonds is 5. The number of aryl methyl sites for hydroxylation is 1. The van der Waals surface area contributed by atoms with Gasteiger partial charge in [-0.3, -0.25) is 4.79 Å². The summed E-state index contributed by atoms with van der Waals surface area (Å²) in [6, 6.07) is 16.7. The van der Waals surface area contributed by atoms with Gasteiger partial charge in [0.25, 0.3) is 0 Å². The van der Waals surface area contributed by atoms with E-state index in [1.807, 2.05) is 49.4 Å². The van der Waals surface area contributed by atoms with Crippen molar-refractivity contribution in [3.8, 4) is 0 Å². The number of hydrogen-bond acceptors (Lipinski definition) is 2. The highest BCUT2D eigenvalue weighted by atomic mass is 16.3. The summed E-state index contributed by atoms with van der Waals surface area (Å²) in [4.78, 5) is 12.6. The Hall–Kier alpha value is -2.39. The first kappa shape index (κ1) is 16.0. The number of carbonyl (C=O) groups is 1. The highest BCUT2D eigenvalue weighted by molar-refractivity contribution is 5.97. The second-order valence-electron chi connectivity index (χ2n) is 5.62. The molecule has 2 atom stereocenters. The monoisotopic (exact) mass is 295 g/mol. The van der Waals surface area contributed by atoms with E-state index in [0.717, 1.165) is 5.56 Å². The molecular weight excluding hydrogens is 274 g/mol. The molecule has 2 rings (SSSR count). The molecule has 0 saturated heterocycles. The summed E-state index contributed by atoms with van der Waals surface area (Å²) in [6.45, 7) is 7.40. The van der Waals surface area contributed by atoms with Crippen LogP contribution in [0.25, 0.3) is 0 Å². The molecule has 0 spiro atoms. The van der Waals surface area contributed by atoms with Crippen molar-refractivity contribution in [3.05, 3.63) is 78.4 Å². The van der Waals surface area contributed by atoms with Crippen LogP contribution in [0.3, 0.4) is 0 Å². The fraction of sp³-hybridized carbons (Fsp3) is 0.211. The molecule has 0 aliphatic heterocycles. The SMILES string of the molecule is C=C[C@](C)(C(=O)Nc1ccc(C)cc1)[C@@H](O)c1ccccc1. The van der Waals surface area contributed by atoms with Gasteiger partial charge in [-0.25, -0.2) is 0 Å². The van der Waals surface area contributed by atoms with Gasteiger partial charge >= 0.3 is 0 Å². The highest BCUT2D eigenvalue weighted by Crippen LogP contribution is 2.36. The molecule has 2 N–H and O–H groups in total. The van der Waals surface area contributed by atoms with Crippen LogP contribution in [-0.2, 0) is 4.79 Å². The first-order chi connectivity index (χ1) is 10.5. The van der Waals surface area contributed by atoms with E-state index in [0.29, 0.717) is 11.3 Å². The number of aliphatic hydroxyl groups excluding tert-OH is 1. The van der Waals surface area contributed by atoms with E-state index in [4.69, 9.17) is 0 Å². The third kappa shape index (κ3) is 3.26. The van der Waals surface area contributed by atoms with Gasteiger partial charge in [0.05, 0.1) is 11.5 Å². The maximum atomic E-state index is 12.6. The average Bonchev–Trinajstić information content (AvgIpc) is 2.56. The van der Waals surface area contributed by atoms with Gasteiger partial charge in [-0.1, -0.05) is 54.1 Å². The molecule has 0 unspecified atom stereocenters. The van der Waals surface area contributed by atoms with E-state index in [-0.39, 0.29) is 5.91 Å². The van der Waals surface area contributed by atoms with Crippen LogP contribution in [-0.4, -0.2) is 11.0 Å². The summed E-state index contributed by atoms with van der Waals surface area (Å²) < 4.78 is 0. The lowest BCUT2D eigenvalue weighted by Crippen LogP contribution is -2.37. The number of amides is 1. The summed E-state index contributed by atoms with van der Waals surface area (Å²) in [5, 5.41) is 13.4. The largest absolute Gasteiger partial charge is 0.387 e. The van der Waals surface area contributed by atoms with E-state index >= 15 is 0 Å². The Kier molecular flexibility index (Phi) is 4.78. The zero-order valence-electron chi connectivity index (χ0n) is 12.9. The average molecular weight is 295 g/mol. The minimum atomic E-state index is -1.12. The van der Waals surface area contributed by atoms with Crippen molar-refractivity contribution >= 4 is 11.6 Å². The van der Waals surface area contributed by atoms with Crippen LogP contribution < -0.4 is 5.32 Å². The molecule has 2 aromatic rings. The summed E-state index contributed by atoms with van der Waals surface area (Å²) in [7, 11) is 0. The van der Waals surface area contributed by atoms with E-state index in [1.165, 1.54) is 6.08 Å². The van der Waals surface area contributed by atoms with Crippen LogP contribution in [0, 0.1) is 12.3 Å². The lowest BCUT2D eigenvalue weighted by molar-refractivity contribution is -0.127. The van der Waals surface area contributed by atoms with Crippen LogP contribution in [0.1, 0.15) is 24.2 Å². The zero-order valence-corrected chi connectivity index (χ0v) is 12.9. The Labute approximate surface area is 131 Å². The van der Waals surface area contributed by atoms with Crippen molar-refractivity contribution in [1.29, 1.82) is 0 Å². The fourth-order valence-electron chi connectivity index (χ4n) is 2.21. The molecule has 0 radical (unpaired) electrons. The Bertz CT molecular complexity index is 649. The predicted molar refractivity (Wildman–Crippen MR) is 89.5 cm³/mol. The summed E-state index contributed by atoms with van der Waals surface area (Å²) >= 11 is 0. The first-order valence-electron chi connectivity index (χ1n) is 7.22. The van der Waals surface area contributed by atoms with Crippen LogP contribution in [0.2, 0.25) is 0 Å². The molecule has 0 heterocycles. The first-order valence-corrected chi connectivity index (χ1v) is 7.22. The van der Waals surface area contributed by atoms with Crippen LogP contribution >= 0.6 is 0 Å². The molecule has 0 aromatic heterocycles. The van der Waals surface area contributed by atoms with Crippen molar-refractivity contribution in [2.45, 2.75) is 20.0 Å². The molecule has 114 valence electrons. The molecule has 0 bridgehead atoms. The van der Waals surface area contributed by atoms with E-state index < -0.39 is 11.5 Å². The predicted octanol–water partition coefficient (Wildman–Crippen LogP) is 3.86. The quantitative estimate of drug-likeness (QED) is 0.823. The minimum absolute atomic E-state index is 0.289. The maximum absolute atomic E-state index is 12.6. The smallest absolute Gasteiger partial charge is 0.237 e. The molecule has 0 aliphatic carbocycles. The number of benzene rings is 2. The molecule has 2 aromatic carbocycles. The van der Waals surface area contributed by atoms with E-state index in [2.05, 4.69) is 11.9 Å². The zero-order chi connectivity index (χ0) is 16.2. The Balaban J connectivity index is 2.23. The van der Waals surface area contributed by atoms with Gasteiger partial charge in [0.15, 0.2) is 0 Å². The lowest BCUT2D eigenvalue weighted by atomic mass is 9.80. The molecule has 3 nitrogen and oxygen atoms in total. The highest BCUT2D eigenvalue weighted by Gasteiger charge is 2.38. The van der Waals surface area contributed by atoms with Gasteiger partial charge < -0.3 is 10.4 Å². The molecule has 0 fully saturated rings. The van der Waals surface area contributed by atoms with Crippen molar-refractivity contribution in [3.63, 3.8) is 0 Å². The van der Waals surface area contributed by atoms with E-state index in [9.17, 15) is 9.90 Å². The Morgan fingerprint density at radius 1 is 1.18 bits per heavy atom. The van der Waals surface area contributed by atoms with Crippen molar-refractivity contribution in [1.82, 2.24) is 0 Å². The van der Waals surface area contributed by atoms with Crippen LogP contribution in [0.4, 0.5) is 5.69 Å². The molecule has 1 amide bonds. The molecule has 0 saturated carbocycles. The topological polar surface area (TPSA) is 49.3 Å². The van der Waals surface area contributed by atoms with Gasteiger partial charge in [-0.05, 0) is 31.5 Å². The van der Waals surface area contributed by atoms with Gasteiger partial charge in [-0.2, -0.15) is 0 Å². The summed E-state index contributed by atoms with van der Waals surface area (Å²) in [5.41, 5.74) is 1.38. The van der Waals surface area contributed by atoms with Crippen molar-refractivity contribution in [2.24, 2.45) is 5.41 Å². The molecular formula is C19H21NO2. The second kappa shape index (κ2) is 6.58. The second-order valence-corrected chi connectivity index (χ2v) is 5.62. The summed E-state index contributed by atoms with van der Waals surface area (Å²) in [5.74, 6) is -0.289. The Morgan fingerprint density at radius 2 is 1.77 bits per heavy atom. The normalized spacial score (nSPS) is 14.7. The molecule has 3 heteroatoms. The third-order valence-electron chi connectivity index (χ3n) is 3.91. The fourth-order valence-corrected chi connectivity index (χ4v) is 2.21. The van der Waals surface area contributed by atoms with Crippen LogP contribution in [0.5, 0.6) is 0 Å². The molecule has 0 aliphatic rings. The number of anilines is 1. The summed E-state index contributed by atoms with van der Waals surface area (Å²) in [6.07, 6.45) is 0.533. The number of carbonyl (C=O) groups excluding carboxylic acids is 1. The van der Waals surface area contributed by atoms with E-state index in [1.54, 1.807) is 19.1 Å². The van der Waals surface area contributed by atoms with Gasteiger partial charge in [0.1, 0.15) is 0 Å². The maximum Gasteiger partial charge on any atom is 0.237 e. The standard InChI is InChI=1S/C19H21NO2/c1-4-19(3,17(21)15-8-6-5-7-9-15)18(22)20-16-12-10-14(2)11-13-16/h4-13,17,21H,1H2,2-3H3,(H,20,22)/t17-,19-/m0/s1. The minimum Gasteiger partial charge on any atom is -0.387 e. The number of hydrogen-bond donors (Lipinski definition) is 2. The number of aliphatic hydroxyl groups is 1. The number of nitrogens with one attached hydrogen (secondary N) is 1. The van der Waals surface area contributed by atoms with Gasteiger partial charge in [0, 0.05) is 5.69 Å². The van der Waals surface area contributed by atoms with Crippen molar-refractivity contribution in [2.75, 3.05) is 5.32 Å². The van der Waals surface area contributed by atoms with Gasteiger partial charge in [-0.15, -0.1) is 6.58 Å². The molecule has 22 heavy (non-hydrogen) atoms.